The van der Waals surface area contributed by atoms with E-state index in [1.165, 1.54) is 5.56 Å². The van der Waals surface area contributed by atoms with Gasteiger partial charge in [0, 0.05) is 32.7 Å². The Morgan fingerprint density at radius 2 is 1.60 bits per heavy atom. The standard InChI is InChI=1S/C16H18NO2.Y/c1-18-16-9-7-15(8-10-16)13-19-17-12-11-14-5-3-2-4-6-14;/h2-10H,11-13H2,1H3;/q-1;. The van der Waals surface area contributed by atoms with E-state index in [0.29, 0.717) is 13.2 Å². The van der Waals surface area contributed by atoms with Crippen molar-refractivity contribution in [2.45, 2.75) is 13.0 Å². The summed E-state index contributed by atoms with van der Waals surface area (Å²) in [6.45, 7) is 1.18. The molecule has 103 valence electrons. The molecule has 0 fully saturated rings. The molecule has 3 nitrogen and oxygen atoms in total. The van der Waals surface area contributed by atoms with Crippen LogP contribution < -0.4 is 4.74 Å². The van der Waals surface area contributed by atoms with Gasteiger partial charge in [0.15, 0.2) is 0 Å². The van der Waals surface area contributed by atoms with E-state index in [2.05, 4.69) is 17.6 Å². The molecule has 0 aliphatic heterocycles. The number of ether oxygens (including phenoxy) is 1. The third kappa shape index (κ3) is 6.14. The van der Waals surface area contributed by atoms with Crippen molar-refractivity contribution in [3.8, 4) is 5.75 Å². The minimum absolute atomic E-state index is 0. The molecule has 2 rings (SSSR count). The first-order valence-corrected chi connectivity index (χ1v) is 6.34. The average Bonchev–Trinajstić information content (AvgIpc) is 2.49. The van der Waals surface area contributed by atoms with Crippen LogP contribution >= 0.6 is 0 Å². The van der Waals surface area contributed by atoms with Gasteiger partial charge in [0.1, 0.15) is 5.75 Å². The maximum absolute atomic E-state index is 5.30. The van der Waals surface area contributed by atoms with E-state index < -0.39 is 0 Å². The van der Waals surface area contributed by atoms with Crippen LogP contribution in [0.1, 0.15) is 11.1 Å². The van der Waals surface area contributed by atoms with Crippen molar-refractivity contribution in [2.24, 2.45) is 0 Å². The van der Waals surface area contributed by atoms with E-state index >= 15 is 0 Å². The van der Waals surface area contributed by atoms with Crippen LogP contribution in [0.3, 0.4) is 0 Å². The smallest absolute Gasteiger partial charge is 0.118 e. The SMILES string of the molecule is COc1ccc(CO[N-]CCc2ccccc2)cc1.[Y]. The fourth-order valence-corrected chi connectivity index (χ4v) is 1.73. The van der Waals surface area contributed by atoms with Gasteiger partial charge in [0.2, 0.25) is 0 Å². The second kappa shape index (κ2) is 10.1. The maximum atomic E-state index is 5.30. The van der Waals surface area contributed by atoms with Crippen molar-refractivity contribution >= 4 is 0 Å². The van der Waals surface area contributed by atoms with Crippen LogP contribution in [0.4, 0.5) is 0 Å². The van der Waals surface area contributed by atoms with Crippen molar-refractivity contribution in [1.29, 1.82) is 0 Å². The zero-order valence-corrected chi connectivity index (χ0v) is 14.5. The van der Waals surface area contributed by atoms with E-state index in [1.54, 1.807) is 7.11 Å². The molecule has 0 aliphatic rings. The normalized spacial score (nSPS) is 9.85. The fraction of sp³-hybridized carbons (Fsp3) is 0.250. The van der Waals surface area contributed by atoms with Crippen LogP contribution in [0, 0.1) is 0 Å². The molecule has 0 aliphatic carbocycles. The molecule has 4 heteroatoms. The summed E-state index contributed by atoms with van der Waals surface area (Å²) < 4.78 is 5.10. The second-order valence-electron chi connectivity index (χ2n) is 4.21. The molecule has 0 N–H and O–H groups in total. The van der Waals surface area contributed by atoms with Gasteiger partial charge in [0.05, 0.1) is 13.7 Å². The van der Waals surface area contributed by atoms with Crippen molar-refractivity contribution in [2.75, 3.05) is 13.7 Å². The number of hydrogen-bond donors (Lipinski definition) is 0. The van der Waals surface area contributed by atoms with Gasteiger partial charge >= 0.3 is 0 Å². The van der Waals surface area contributed by atoms with Gasteiger partial charge in [-0.3, -0.25) is 0 Å². The molecule has 0 bridgehead atoms. The van der Waals surface area contributed by atoms with Gasteiger partial charge < -0.3 is 15.1 Å². The zero-order valence-electron chi connectivity index (χ0n) is 11.7. The van der Waals surface area contributed by atoms with Crippen molar-refractivity contribution in [1.82, 2.24) is 0 Å². The van der Waals surface area contributed by atoms with Crippen LogP contribution in [-0.2, 0) is 50.6 Å². The van der Waals surface area contributed by atoms with Crippen molar-refractivity contribution in [3.63, 3.8) is 0 Å². The van der Waals surface area contributed by atoms with Crippen LogP contribution in [0.2, 0.25) is 0 Å². The molecule has 2 aromatic rings. The molecule has 0 heterocycles. The molecular formula is C16H18NO2Y-. The van der Waals surface area contributed by atoms with Gasteiger partial charge in [-0.1, -0.05) is 42.5 Å². The predicted molar refractivity (Wildman–Crippen MR) is 76.2 cm³/mol. The van der Waals surface area contributed by atoms with E-state index in [4.69, 9.17) is 9.57 Å². The Labute approximate surface area is 145 Å². The Balaban J connectivity index is 0.00000200. The van der Waals surface area contributed by atoms with Crippen molar-refractivity contribution < 1.29 is 42.3 Å². The second-order valence-corrected chi connectivity index (χ2v) is 4.21. The quantitative estimate of drug-likeness (QED) is 0.566. The number of rotatable bonds is 7. The van der Waals surface area contributed by atoms with Crippen LogP contribution in [0.25, 0.3) is 5.48 Å². The van der Waals surface area contributed by atoms with Gasteiger partial charge in [0.25, 0.3) is 0 Å². The minimum atomic E-state index is 0. The summed E-state index contributed by atoms with van der Waals surface area (Å²) in [6.07, 6.45) is 0.906. The molecule has 0 atom stereocenters. The Morgan fingerprint density at radius 1 is 0.900 bits per heavy atom. The summed E-state index contributed by atoms with van der Waals surface area (Å²) in [4.78, 5) is 5.30. The molecule has 20 heavy (non-hydrogen) atoms. The van der Waals surface area contributed by atoms with Gasteiger partial charge in [-0.2, -0.15) is 0 Å². The first kappa shape index (κ1) is 17.3. The number of methoxy groups -OCH3 is 1. The van der Waals surface area contributed by atoms with Crippen LogP contribution in [0.5, 0.6) is 5.75 Å². The molecule has 0 aromatic heterocycles. The third-order valence-electron chi connectivity index (χ3n) is 2.82. The summed E-state index contributed by atoms with van der Waals surface area (Å²) in [5.41, 5.74) is 6.44. The van der Waals surface area contributed by atoms with E-state index in [0.717, 1.165) is 17.7 Å². The number of hydroxylamine groups is 1. The van der Waals surface area contributed by atoms with E-state index in [-0.39, 0.29) is 32.7 Å². The topological polar surface area (TPSA) is 32.6 Å². The summed E-state index contributed by atoms with van der Waals surface area (Å²) >= 11 is 0. The first-order chi connectivity index (χ1) is 9.38. The predicted octanol–water partition coefficient (Wildman–Crippen LogP) is 3.74. The Hall–Kier alpha value is -0.736. The minimum Gasteiger partial charge on any atom is -0.534 e. The third-order valence-corrected chi connectivity index (χ3v) is 2.82. The maximum Gasteiger partial charge on any atom is 0.118 e. The number of hydrogen-bond acceptors (Lipinski definition) is 2. The van der Waals surface area contributed by atoms with Crippen molar-refractivity contribution in [3.05, 3.63) is 71.2 Å². The van der Waals surface area contributed by atoms with Crippen LogP contribution in [-0.4, -0.2) is 13.7 Å². The Kier molecular flexibility index (Phi) is 8.71. The molecule has 0 saturated heterocycles. The van der Waals surface area contributed by atoms with Gasteiger partial charge in [-0.25, -0.2) is 0 Å². The molecule has 0 unspecified atom stereocenters. The molecule has 0 spiro atoms. The molecular weight excluding hydrogens is 327 g/mol. The summed E-state index contributed by atoms with van der Waals surface area (Å²) in [5, 5.41) is 0. The first-order valence-electron chi connectivity index (χ1n) is 6.34. The number of nitrogens with zero attached hydrogens (tertiary/aromatic N) is 1. The zero-order chi connectivity index (χ0) is 13.3. The largest absolute Gasteiger partial charge is 0.534 e. The molecule has 0 amide bonds. The molecule has 1 radical (unpaired) electrons. The monoisotopic (exact) mass is 345 g/mol. The van der Waals surface area contributed by atoms with Crippen LogP contribution in [0.15, 0.2) is 54.6 Å². The van der Waals surface area contributed by atoms with E-state index in [1.807, 2.05) is 42.5 Å². The van der Waals surface area contributed by atoms with Gasteiger partial charge in [-0.15, -0.1) is 6.54 Å². The fourth-order valence-electron chi connectivity index (χ4n) is 1.73. The van der Waals surface area contributed by atoms with Gasteiger partial charge in [-0.05, 0) is 29.7 Å². The molecule has 0 saturated carbocycles. The Morgan fingerprint density at radius 3 is 2.25 bits per heavy atom. The average molecular weight is 345 g/mol. The summed E-state index contributed by atoms with van der Waals surface area (Å²) in [7, 11) is 1.66. The Bertz CT molecular complexity index is 474. The summed E-state index contributed by atoms with van der Waals surface area (Å²) in [6, 6.07) is 18.1. The van der Waals surface area contributed by atoms with E-state index in [9.17, 15) is 0 Å². The summed E-state index contributed by atoms with van der Waals surface area (Å²) in [5.74, 6) is 0.852. The molecule has 2 aromatic carbocycles. The number of benzene rings is 2.